The first-order chi connectivity index (χ1) is 15.9. The summed E-state index contributed by atoms with van der Waals surface area (Å²) in [4.78, 5) is 30.5. The summed E-state index contributed by atoms with van der Waals surface area (Å²) in [5.41, 5.74) is 0. The van der Waals surface area contributed by atoms with Crippen molar-refractivity contribution in [3.8, 4) is 5.75 Å². The zero-order chi connectivity index (χ0) is 23.4. The summed E-state index contributed by atoms with van der Waals surface area (Å²) in [6.07, 6.45) is 2.42. The number of ether oxygens (including phenoxy) is 1. The highest BCUT2D eigenvalue weighted by Gasteiger charge is 2.37. The van der Waals surface area contributed by atoms with E-state index >= 15 is 0 Å². The van der Waals surface area contributed by atoms with Gasteiger partial charge in [0.2, 0.25) is 15.9 Å². The first-order valence-electron chi connectivity index (χ1n) is 11.3. The molecule has 0 N–H and O–H groups in total. The molecule has 1 aromatic heterocycles. The molecule has 0 bridgehead atoms. The van der Waals surface area contributed by atoms with Gasteiger partial charge in [-0.2, -0.15) is 4.31 Å². The molecule has 1 unspecified atom stereocenters. The third kappa shape index (κ3) is 5.07. The van der Waals surface area contributed by atoms with Crippen molar-refractivity contribution in [1.82, 2.24) is 14.1 Å². The summed E-state index contributed by atoms with van der Waals surface area (Å²) in [6, 6.07) is 9.54. The summed E-state index contributed by atoms with van der Waals surface area (Å²) in [5.74, 6) is 0.443. The number of hydrogen-bond acceptors (Lipinski definition) is 6. The number of rotatable bonds is 6. The molecule has 2 amide bonds. The highest BCUT2D eigenvalue weighted by molar-refractivity contribution is 7.89. The summed E-state index contributed by atoms with van der Waals surface area (Å²) in [5, 5.41) is 1.86. The van der Waals surface area contributed by atoms with E-state index in [9.17, 15) is 18.0 Å². The van der Waals surface area contributed by atoms with Crippen LogP contribution in [0.4, 0.5) is 0 Å². The van der Waals surface area contributed by atoms with Gasteiger partial charge in [-0.25, -0.2) is 8.42 Å². The molecular weight excluding hydrogens is 462 g/mol. The summed E-state index contributed by atoms with van der Waals surface area (Å²) < 4.78 is 32.9. The molecule has 4 rings (SSSR count). The van der Waals surface area contributed by atoms with Gasteiger partial charge in [-0.3, -0.25) is 9.59 Å². The minimum absolute atomic E-state index is 0.0854. The average molecular weight is 492 g/mol. The van der Waals surface area contributed by atoms with Crippen LogP contribution in [0.25, 0.3) is 0 Å². The lowest BCUT2D eigenvalue weighted by molar-refractivity contribution is -0.138. The average Bonchev–Trinajstić information content (AvgIpc) is 3.39. The fraction of sp³-hybridized carbons (Fsp3) is 0.478. The predicted molar refractivity (Wildman–Crippen MR) is 126 cm³/mol. The van der Waals surface area contributed by atoms with Crippen LogP contribution in [-0.4, -0.2) is 79.7 Å². The summed E-state index contributed by atoms with van der Waals surface area (Å²) in [7, 11) is -3.64. The molecule has 178 valence electrons. The Morgan fingerprint density at radius 3 is 2.39 bits per heavy atom. The maximum atomic E-state index is 13.3. The van der Waals surface area contributed by atoms with Crippen LogP contribution in [-0.2, 0) is 14.8 Å². The topological polar surface area (TPSA) is 87.2 Å². The van der Waals surface area contributed by atoms with Gasteiger partial charge in [-0.05, 0) is 61.9 Å². The van der Waals surface area contributed by atoms with Crippen molar-refractivity contribution in [2.75, 3.05) is 39.3 Å². The van der Waals surface area contributed by atoms with Crippen molar-refractivity contribution in [2.45, 2.75) is 37.1 Å². The molecule has 3 heterocycles. The van der Waals surface area contributed by atoms with E-state index in [1.807, 2.05) is 18.4 Å². The predicted octanol–water partition coefficient (Wildman–Crippen LogP) is 2.67. The number of hydrogen-bond donors (Lipinski definition) is 0. The Balaban J connectivity index is 1.40. The Morgan fingerprint density at radius 1 is 1.03 bits per heavy atom. The van der Waals surface area contributed by atoms with Gasteiger partial charge in [-0.1, -0.05) is 6.07 Å². The molecular formula is C23H29N3O5S2. The Hall–Kier alpha value is -2.43. The van der Waals surface area contributed by atoms with Crippen LogP contribution in [0.3, 0.4) is 0 Å². The lowest BCUT2D eigenvalue weighted by Crippen LogP contribution is -2.57. The number of thiophene rings is 1. The van der Waals surface area contributed by atoms with Gasteiger partial charge < -0.3 is 14.5 Å². The number of likely N-dealkylation sites (tertiary alicyclic amines) is 1. The third-order valence-electron chi connectivity index (χ3n) is 6.10. The van der Waals surface area contributed by atoms with Crippen LogP contribution >= 0.6 is 11.3 Å². The molecule has 0 spiro atoms. The quantitative estimate of drug-likeness (QED) is 0.620. The lowest BCUT2D eigenvalue weighted by Gasteiger charge is -2.40. The van der Waals surface area contributed by atoms with Gasteiger partial charge in [0.25, 0.3) is 5.91 Å². The normalized spacial score (nSPS) is 20.0. The summed E-state index contributed by atoms with van der Waals surface area (Å²) in [6.45, 7) is 4.04. The van der Waals surface area contributed by atoms with Crippen molar-refractivity contribution in [3.63, 3.8) is 0 Å². The second kappa shape index (κ2) is 10.2. The van der Waals surface area contributed by atoms with Crippen molar-refractivity contribution in [1.29, 1.82) is 0 Å². The molecule has 2 aliphatic rings. The molecule has 1 atom stereocenters. The maximum Gasteiger partial charge on any atom is 0.264 e. The van der Waals surface area contributed by atoms with E-state index in [2.05, 4.69) is 0 Å². The van der Waals surface area contributed by atoms with E-state index < -0.39 is 16.1 Å². The number of carbonyl (C=O) groups excluding carboxylic acids is 2. The first kappa shape index (κ1) is 23.7. The standard InChI is InChI=1S/C23H29N3O5S2/c1-2-31-18-8-10-19(11-9-18)33(29,30)25-15-13-24(14-16-25)22(27)20-6-3-4-12-26(20)23(28)21-7-5-17-32-21/h5,7-11,17,20H,2-4,6,12-16H2,1H3. The van der Waals surface area contributed by atoms with Gasteiger partial charge in [0.15, 0.2) is 0 Å². The number of carbonyl (C=O) groups is 2. The molecule has 2 saturated heterocycles. The van der Waals surface area contributed by atoms with E-state index in [0.717, 1.165) is 12.8 Å². The Labute approximate surface area is 198 Å². The van der Waals surface area contributed by atoms with Crippen LogP contribution in [0.1, 0.15) is 35.9 Å². The number of piperidine rings is 1. The van der Waals surface area contributed by atoms with Gasteiger partial charge in [0, 0.05) is 32.7 Å². The fourth-order valence-electron chi connectivity index (χ4n) is 4.36. The zero-order valence-electron chi connectivity index (χ0n) is 18.7. The summed E-state index contributed by atoms with van der Waals surface area (Å²) >= 11 is 1.38. The molecule has 2 fully saturated rings. The van der Waals surface area contributed by atoms with E-state index in [1.54, 1.807) is 40.1 Å². The number of sulfonamides is 1. The minimum atomic E-state index is -3.64. The second-order valence-corrected chi connectivity index (χ2v) is 11.0. The zero-order valence-corrected chi connectivity index (χ0v) is 20.3. The molecule has 2 aliphatic heterocycles. The van der Waals surface area contributed by atoms with Crippen molar-refractivity contribution in [3.05, 3.63) is 46.7 Å². The number of piperazine rings is 1. The molecule has 0 aliphatic carbocycles. The highest BCUT2D eigenvalue weighted by atomic mass is 32.2. The third-order valence-corrected chi connectivity index (χ3v) is 8.87. The lowest BCUT2D eigenvalue weighted by atomic mass is 10.00. The van der Waals surface area contributed by atoms with Crippen LogP contribution in [0.2, 0.25) is 0 Å². The maximum absolute atomic E-state index is 13.3. The van der Waals surface area contributed by atoms with E-state index in [1.165, 1.54) is 15.6 Å². The molecule has 8 nitrogen and oxygen atoms in total. The number of benzene rings is 1. The largest absolute Gasteiger partial charge is 0.494 e. The van der Waals surface area contributed by atoms with Crippen LogP contribution < -0.4 is 4.74 Å². The first-order valence-corrected chi connectivity index (χ1v) is 13.6. The van der Waals surface area contributed by atoms with Crippen LogP contribution in [0.15, 0.2) is 46.7 Å². The van der Waals surface area contributed by atoms with Crippen molar-refractivity contribution >= 4 is 33.2 Å². The molecule has 33 heavy (non-hydrogen) atoms. The Kier molecular flexibility index (Phi) is 7.35. The highest BCUT2D eigenvalue weighted by Crippen LogP contribution is 2.25. The number of amides is 2. The molecule has 10 heteroatoms. The van der Waals surface area contributed by atoms with Crippen molar-refractivity contribution in [2.24, 2.45) is 0 Å². The SMILES string of the molecule is CCOc1ccc(S(=O)(=O)N2CCN(C(=O)C3CCCCN3C(=O)c3cccs3)CC2)cc1. The van der Waals surface area contributed by atoms with E-state index in [0.29, 0.717) is 43.3 Å². The van der Waals surface area contributed by atoms with E-state index in [4.69, 9.17) is 4.74 Å². The Bertz CT molecular complexity index is 1060. The monoisotopic (exact) mass is 491 g/mol. The van der Waals surface area contributed by atoms with E-state index in [-0.39, 0.29) is 29.8 Å². The van der Waals surface area contributed by atoms with Gasteiger partial charge >= 0.3 is 0 Å². The second-order valence-electron chi connectivity index (χ2n) is 8.12. The van der Waals surface area contributed by atoms with Crippen LogP contribution in [0, 0.1) is 0 Å². The smallest absolute Gasteiger partial charge is 0.264 e. The molecule has 1 aromatic carbocycles. The van der Waals surface area contributed by atoms with Gasteiger partial charge in [0.1, 0.15) is 11.8 Å². The Morgan fingerprint density at radius 2 is 1.76 bits per heavy atom. The van der Waals surface area contributed by atoms with Crippen LogP contribution in [0.5, 0.6) is 5.75 Å². The fourth-order valence-corrected chi connectivity index (χ4v) is 6.46. The van der Waals surface area contributed by atoms with Gasteiger partial charge in [-0.15, -0.1) is 11.3 Å². The molecule has 2 aromatic rings. The molecule has 0 radical (unpaired) electrons. The van der Waals surface area contributed by atoms with Crippen molar-refractivity contribution < 1.29 is 22.7 Å². The molecule has 0 saturated carbocycles. The minimum Gasteiger partial charge on any atom is -0.494 e. The number of nitrogens with zero attached hydrogens (tertiary/aromatic N) is 3. The van der Waals surface area contributed by atoms with Gasteiger partial charge in [0.05, 0.1) is 16.4 Å².